The maximum atomic E-state index is 12.7. The number of amides is 1. The van der Waals surface area contributed by atoms with Gasteiger partial charge < -0.3 is 9.47 Å². The highest BCUT2D eigenvalue weighted by atomic mass is 35.5. The highest BCUT2D eigenvalue weighted by Crippen LogP contribution is 2.34. The van der Waals surface area contributed by atoms with Crippen molar-refractivity contribution in [3.05, 3.63) is 58.9 Å². The number of benzene rings is 2. The van der Waals surface area contributed by atoms with Gasteiger partial charge in [0.15, 0.2) is 0 Å². The zero-order valence-corrected chi connectivity index (χ0v) is 16.5. The van der Waals surface area contributed by atoms with Gasteiger partial charge in [-0.2, -0.15) is 0 Å². The number of halogens is 1. The standard InChI is InChI=1S/C22H24ClN3O/c1-3-4-11-25-20-8-6-5-7-19(20)24-22(25)16-12-21(27)26(14-16)17-10-9-15(2)18(23)13-17/h5-10,13,16H,3-4,11-12,14H2,1-2H3. The molecule has 1 amide bonds. The second-order valence-electron chi connectivity index (χ2n) is 7.30. The van der Waals surface area contributed by atoms with Crippen LogP contribution in [0.5, 0.6) is 0 Å². The molecule has 2 aromatic carbocycles. The minimum Gasteiger partial charge on any atom is -0.328 e. The second kappa shape index (κ2) is 7.35. The molecular formula is C22H24ClN3O. The Bertz CT molecular complexity index is 994. The van der Waals surface area contributed by atoms with Gasteiger partial charge in [-0.1, -0.05) is 43.1 Å². The zero-order chi connectivity index (χ0) is 19.0. The number of hydrogen-bond donors (Lipinski definition) is 0. The number of carbonyl (C=O) groups is 1. The molecule has 3 aromatic rings. The quantitative estimate of drug-likeness (QED) is 0.600. The van der Waals surface area contributed by atoms with Crippen LogP contribution in [0.4, 0.5) is 5.69 Å². The third-order valence-corrected chi connectivity index (χ3v) is 5.78. The van der Waals surface area contributed by atoms with E-state index >= 15 is 0 Å². The van der Waals surface area contributed by atoms with Gasteiger partial charge in [-0.3, -0.25) is 4.79 Å². The molecule has 0 spiro atoms. The molecule has 1 aromatic heterocycles. The molecule has 5 heteroatoms. The number of anilines is 1. The van der Waals surface area contributed by atoms with Crippen LogP contribution in [-0.4, -0.2) is 22.0 Å². The number of aryl methyl sites for hydroxylation is 2. The average Bonchev–Trinajstić information content (AvgIpc) is 3.23. The van der Waals surface area contributed by atoms with E-state index in [2.05, 4.69) is 29.7 Å². The first-order valence-electron chi connectivity index (χ1n) is 9.60. The highest BCUT2D eigenvalue weighted by molar-refractivity contribution is 6.31. The third-order valence-electron chi connectivity index (χ3n) is 5.38. The first kappa shape index (κ1) is 18.1. The number of para-hydroxylation sites is 2. The van der Waals surface area contributed by atoms with Gasteiger partial charge in [-0.15, -0.1) is 0 Å². The summed E-state index contributed by atoms with van der Waals surface area (Å²) in [6.07, 6.45) is 2.72. The van der Waals surface area contributed by atoms with Gasteiger partial charge in [0.2, 0.25) is 5.91 Å². The van der Waals surface area contributed by atoms with Crippen molar-refractivity contribution in [3.8, 4) is 0 Å². The molecule has 1 saturated heterocycles. The summed E-state index contributed by atoms with van der Waals surface area (Å²) in [4.78, 5) is 19.5. The summed E-state index contributed by atoms with van der Waals surface area (Å²) < 4.78 is 2.31. The summed E-state index contributed by atoms with van der Waals surface area (Å²) in [6, 6.07) is 14.1. The normalized spacial score (nSPS) is 17.2. The molecule has 0 bridgehead atoms. The first-order valence-corrected chi connectivity index (χ1v) is 9.98. The van der Waals surface area contributed by atoms with Crippen molar-refractivity contribution >= 4 is 34.2 Å². The number of hydrogen-bond acceptors (Lipinski definition) is 2. The topological polar surface area (TPSA) is 38.1 Å². The number of unbranched alkanes of at least 4 members (excludes halogenated alkanes) is 1. The van der Waals surface area contributed by atoms with Gasteiger partial charge in [-0.25, -0.2) is 4.98 Å². The van der Waals surface area contributed by atoms with Gasteiger partial charge in [0.05, 0.1) is 11.0 Å². The van der Waals surface area contributed by atoms with E-state index in [1.165, 1.54) is 0 Å². The predicted molar refractivity (Wildman–Crippen MR) is 111 cm³/mol. The molecule has 4 nitrogen and oxygen atoms in total. The van der Waals surface area contributed by atoms with Crippen molar-refractivity contribution < 1.29 is 4.79 Å². The van der Waals surface area contributed by atoms with E-state index in [0.29, 0.717) is 18.0 Å². The third kappa shape index (κ3) is 3.34. The zero-order valence-electron chi connectivity index (χ0n) is 15.8. The van der Waals surface area contributed by atoms with Crippen molar-refractivity contribution in [3.63, 3.8) is 0 Å². The maximum Gasteiger partial charge on any atom is 0.227 e. The highest BCUT2D eigenvalue weighted by Gasteiger charge is 2.34. The van der Waals surface area contributed by atoms with Crippen molar-refractivity contribution in [1.82, 2.24) is 9.55 Å². The fourth-order valence-corrected chi connectivity index (χ4v) is 4.01. The molecule has 1 fully saturated rings. The Morgan fingerprint density at radius 3 is 2.81 bits per heavy atom. The van der Waals surface area contributed by atoms with Crippen molar-refractivity contribution in [2.45, 2.75) is 45.6 Å². The Labute approximate surface area is 164 Å². The Morgan fingerprint density at radius 2 is 2.04 bits per heavy atom. The molecule has 1 aliphatic heterocycles. The van der Waals surface area contributed by atoms with E-state index in [4.69, 9.17) is 16.6 Å². The number of carbonyl (C=O) groups excluding carboxylic acids is 1. The lowest BCUT2D eigenvalue weighted by Crippen LogP contribution is -2.24. The van der Waals surface area contributed by atoms with Crippen molar-refractivity contribution in [2.24, 2.45) is 0 Å². The Hall–Kier alpha value is -2.33. The van der Waals surface area contributed by atoms with Crippen molar-refractivity contribution in [1.29, 1.82) is 0 Å². The largest absolute Gasteiger partial charge is 0.328 e. The lowest BCUT2D eigenvalue weighted by molar-refractivity contribution is -0.117. The van der Waals surface area contributed by atoms with E-state index in [9.17, 15) is 4.79 Å². The Kier molecular flexibility index (Phi) is 4.92. The van der Waals surface area contributed by atoms with Crippen LogP contribution in [0.15, 0.2) is 42.5 Å². The molecule has 27 heavy (non-hydrogen) atoms. The Morgan fingerprint density at radius 1 is 1.22 bits per heavy atom. The molecule has 1 atom stereocenters. The smallest absolute Gasteiger partial charge is 0.227 e. The fraction of sp³-hybridized carbons (Fsp3) is 0.364. The summed E-state index contributed by atoms with van der Waals surface area (Å²) in [5, 5.41) is 0.693. The molecular weight excluding hydrogens is 358 g/mol. The second-order valence-corrected chi connectivity index (χ2v) is 7.71. The predicted octanol–water partition coefficient (Wildman–Crippen LogP) is 5.32. The van der Waals surface area contributed by atoms with Gasteiger partial charge in [0, 0.05) is 36.1 Å². The van der Waals surface area contributed by atoms with Gasteiger partial charge in [0.25, 0.3) is 0 Å². The van der Waals surface area contributed by atoms with E-state index in [0.717, 1.165) is 47.5 Å². The average molecular weight is 382 g/mol. The van der Waals surface area contributed by atoms with Crippen LogP contribution in [0, 0.1) is 6.92 Å². The summed E-state index contributed by atoms with van der Waals surface area (Å²) in [5.41, 5.74) is 4.05. The van der Waals surface area contributed by atoms with Gasteiger partial charge in [-0.05, 0) is 43.2 Å². The fourth-order valence-electron chi connectivity index (χ4n) is 3.84. The van der Waals surface area contributed by atoms with Crippen LogP contribution in [0.1, 0.15) is 43.5 Å². The van der Waals surface area contributed by atoms with Crippen LogP contribution in [0.3, 0.4) is 0 Å². The van der Waals surface area contributed by atoms with Gasteiger partial charge in [0.1, 0.15) is 5.82 Å². The summed E-state index contributed by atoms with van der Waals surface area (Å²) in [5.74, 6) is 1.26. The maximum absolute atomic E-state index is 12.7. The van der Waals surface area contributed by atoms with E-state index in [1.54, 1.807) is 0 Å². The monoisotopic (exact) mass is 381 g/mol. The minimum absolute atomic E-state index is 0.0989. The molecule has 0 radical (unpaired) electrons. The molecule has 4 rings (SSSR count). The molecule has 0 aliphatic carbocycles. The van der Waals surface area contributed by atoms with Crippen LogP contribution in [-0.2, 0) is 11.3 Å². The van der Waals surface area contributed by atoms with Crippen LogP contribution < -0.4 is 4.90 Å². The molecule has 0 N–H and O–H groups in total. The molecule has 2 heterocycles. The van der Waals surface area contributed by atoms with E-state index in [1.807, 2.05) is 36.1 Å². The Balaban J connectivity index is 1.68. The van der Waals surface area contributed by atoms with E-state index in [-0.39, 0.29) is 11.8 Å². The number of nitrogens with zero attached hydrogens (tertiary/aromatic N) is 3. The van der Waals surface area contributed by atoms with Crippen LogP contribution in [0.25, 0.3) is 11.0 Å². The molecule has 1 aliphatic rings. The lowest BCUT2D eigenvalue weighted by atomic mass is 10.1. The van der Waals surface area contributed by atoms with Crippen LogP contribution in [0.2, 0.25) is 5.02 Å². The number of rotatable bonds is 5. The molecule has 140 valence electrons. The van der Waals surface area contributed by atoms with Crippen LogP contribution >= 0.6 is 11.6 Å². The number of fused-ring (bicyclic) bond motifs is 1. The molecule has 1 unspecified atom stereocenters. The first-order chi connectivity index (χ1) is 13.1. The van der Waals surface area contributed by atoms with E-state index < -0.39 is 0 Å². The van der Waals surface area contributed by atoms with Gasteiger partial charge >= 0.3 is 0 Å². The number of imidazole rings is 1. The summed E-state index contributed by atoms with van der Waals surface area (Å²) >= 11 is 6.27. The lowest BCUT2D eigenvalue weighted by Gasteiger charge is -2.18. The minimum atomic E-state index is 0.0989. The summed E-state index contributed by atoms with van der Waals surface area (Å²) in [6.45, 7) is 5.75. The summed E-state index contributed by atoms with van der Waals surface area (Å²) in [7, 11) is 0. The molecule has 0 saturated carbocycles. The number of aromatic nitrogens is 2. The van der Waals surface area contributed by atoms with Crippen molar-refractivity contribution in [2.75, 3.05) is 11.4 Å². The SMILES string of the molecule is CCCCn1c(C2CC(=O)N(c3ccc(C)c(Cl)c3)C2)nc2ccccc21.